The summed E-state index contributed by atoms with van der Waals surface area (Å²) in [5.74, 6) is 1.02. The molecule has 2 N–H and O–H groups in total. The van der Waals surface area contributed by atoms with Gasteiger partial charge in [0.25, 0.3) is 0 Å². The molecule has 0 aliphatic carbocycles. The molecule has 0 radical (unpaired) electrons. The Bertz CT molecular complexity index is 360. The number of ether oxygens (including phenoxy) is 1. The third-order valence-corrected chi connectivity index (χ3v) is 4.48. The first-order valence-corrected chi connectivity index (χ1v) is 7.70. The van der Waals surface area contributed by atoms with Crippen molar-refractivity contribution in [3.8, 4) is 0 Å². The first-order chi connectivity index (χ1) is 8.69. The molecule has 0 saturated carbocycles. The number of thioether (sulfide) groups is 1. The second-order valence-corrected chi connectivity index (χ2v) is 5.81. The first kappa shape index (κ1) is 15.8. The van der Waals surface area contributed by atoms with Crippen molar-refractivity contribution in [2.45, 2.75) is 37.1 Å². The number of hydrogen-bond acceptors (Lipinski definition) is 3. The van der Waals surface area contributed by atoms with Crippen LogP contribution >= 0.6 is 23.4 Å². The van der Waals surface area contributed by atoms with Crippen LogP contribution in [0.4, 0.5) is 0 Å². The Hall–Kier alpha value is -0.220. The molecule has 0 bridgehead atoms. The van der Waals surface area contributed by atoms with Crippen molar-refractivity contribution in [2.24, 2.45) is 5.73 Å². The molecule has 2 nitrogen and oxygen atoms in total. The van der Waals surface area contributed by atoms with Gasteiger partial charge in [-0.15, -0.1) is 11.8 Å². The number of rotatable bonds is 8. The Balaban J connectivity index is 2.67. The van der Waals surface area contributed by atoms with Crippen LogP contribution in [0.3, 0.4) is 0 Å². The van der Waals surface area contributed by atoms with Gasteiger partial charge in [0.2, 0.25) is 0 Å². The summed E-state index contributed by atoms with van der Waals surface area (Å²) in [6.07, 6.45) is 2.91. The lowest BCUT2D eigenvalue weighted by Crippen LogP contribution is -2.21. The molecular formula is C14H22ClNOS. The van der Waals surface area contributed by atoms with Crippen LogP contribution < -0.4 is 5.73 Å². The number of nitrogens with two attached hydrogens (primary N) is 1. The second kappa shape index (κ2) is 8.81. The summed E-state index contributed by atoms with van der Waals surface area (Å²) in [6, 6.07) is 6.28. The minimum atomic E-state index is 0.210. The molecule has 0 aliphatic heterocycles. The Morgan fingerprint density at radius 3 is 2.89 bits per heavy atom. The van der Waals surface area contributed by atoms with Crippen molar-refractivity contribution in [3.63, 3.8) is 0 Å². The zero-order valence-electron chi connectivity index (χ0n) is 11.1. The fraction of sp³-hybridized carbons (Fsp3) is 0.571. The number of benzene rings is 1. The molecule has 0 heterocycles. The van der Waals surface area contributed by atoms with Crippen LogP contribution in [0, 0.1) is 0 Å². The van der Waals surface area contributed by atoms with Crippen LogP contribution in [0.15, 0.2) is 23.1 Å². The molecular weight excluding hydrogens is 266 g/mol. The van der Waals surface area contributed by atoms with Crippen molar-refractivity contribution in [1.82, 2.24) is 0 Å². The van der Waals surface area contributed by atoms with Crippen molar-refractivity contribution in [3.05, 3.63) is 28.8 Å². The summed E-state index contributed by atoms with van der Waals surface area (Å²) in [5.41, 5.74) is 7.29. The van der Waals surface area contributed by atoms with Gasteiger partial charge < -0.3 is 10.5 Å². The fourth-order valence-electron chi connectivity index (χ4n) is 1.68. The predicted molar refractivity (Wildman–Crippen MR) is 80.6 cm³/mol. The molecule has 1 aromatic carbocycles. The van der Waals surface area contributed by atoms with E-state index in [9.17, 15) is 0 Å². The van der Waals surface area contributed by atoms with Gasteiger partial charge in [-0.1, -0.05) is 30.7 Å². The highest BCUT2D eigenvalue weighted by Gasteiger charge is 2.10. The van der Waals surface area contributed by atoms with E-state index >= 15 is 0 Å². The predicted octanol–water partition coefficient (Wildman–Crippen LogP) is 3.75. The maximum atomic E-state index is 6.28. The summed E-state index contributed by atoms with van der Waals surface area (Å²) in [4.78, 5) is 1.18. The van der Waals surface area contributed by atoms with Crippen LogP contribution in [0.25, 0.3) is 0 Å². The highest BCUT2D eigenvalue weighted by Crippen LogP contribution is 2.32. The summed E-state index contributed by atoms with van der Waals surface area (Å²) in [7, 11) is 1.73. The lowest BCUT2D eigenvalue weighted by atomic mass is 10.0. The third-order valence-electron chi connectivity index (χ3n) is 2.79. The van der Waals surface area contributed by atoms with E-state index in [1.165, 1.54) is 10.5 Å². The molecule has 0 aromatic heterocycles. The molecule has 0 aliphatic rings. The van der Waals surface area contributed by atoms with Crippen molar-refractivity contribution < 1.29 is 4.74 Å². The molecule has 1 unspecified atom stereocenters. The minimum absolute atomic E-state index is 0.210. The highest BCUT2D eigenvalue weighted by molar-refractivity contribution is 7.99. The van der Waals surface area contributed by atoms with Gasteiger partial charge >= 0.3 is 0 Å². The van der Waals surface area contributed by atoms with E-state index in [4.69, 9.17) is 22.1 Å². The standard InChI is InChI=1S/C14H22ClNOS/c1-3-12(16)10-11-6-4-7-13(15)14(11)18-9-5-8-17-2/h4,6-7,12H,3,5,8-10,16H2,1-2H3. The number of hydrogen-bond donors (Lipinski definition) is 1. The minimum Gasteiger partial charge on any atom is -0.385 e. The largest absolute Gasteiger partial charge is 0.385 e. The zero-order valence-corrected chi connectivity index (χ0v) is 12.7. The molecule has 18 heavy (non-hydrogen) atoms. The molecule has 1 atom stereocenters. The Labute approximate surface area is 119 Å². The molecule has 102 valence electrons. The summed E-state index contributed by atoms with van der Waals surface area (Å²) >= 11 is 8.07. The van der Waals surface area contributed by atoms with E-state index in [-0.39, 0.29) is 6.04 Å². The summed E-state index contributed by atoms with van der Waals surface area (Å²) in [5, 5.41) is 0.832. The monoisotopic (exact) mass is 287 g/mol. The second-order valence-electron chi connectivity index (χ2n) is 4.30. The molecule has 0 amide bonds. The zero-order chi connectivity index (χ0) is 13.4. The van der Waals surface area contributed by atoms with Gasteiger partial charge in [0.1, 0.15) is 0 Å². The smallest absolute Gasteiger partial charge is 0.0544 e. The SMILES string of the molecule is CCC(N)Cc1cccc(Cl)c1SCCCOC. The molecule has 0 fully saturated rings. The summed E-state index contributed by atoms with van der Waals surface area (Å²) in [6.45, 7) is 2.90. The summed E-state index contributed by atoms with van der Waals surface area (Å²) < 4.78 is 5.06. The van der Waals surface area contributed by atoms with Crippen molar-refractivity contribution >= 4 is 23.4 Å². The quantitative estimate of drug-likeness (QED) is 0.584. The van der Waals surface area contributed by atoms with Gasteiger partial charge in [-0.3, -0.25) is 0 Å². The van der Waals surface area contributed by atoms with E-state index in [0.717, 1.165) is 36.6 Å². The molecule has 4 heteroatoms. The number of methoxy groups -OCH3 is 1. The van der Waals surface area contributed by atoms with Crippen molar-refractivity contribution in [1.29, 1.82) is 0 Å². The van der Waals surface area contributed by atoms with Gasteiger partial charge in [0, 0.05) is 30.4 Å². The van der Waals surface area contributed by atoms with Gasteiger partial charge in [-0.2, -0.15) is 0 Å². The van der Waals surface area contributed by atoms with Crippen LogP contribution in [-0.2, 0) is 11.2 Å². The molecule has 1 rings (SSSR count). The average Bonchev–Trinajstić information content (AvgIpc) is 2.37. The van der Waals surface area contributed by atoms with Gasteiger partial charge in [0.05, 0.1) is 5.02 Å². The highest BCUT2D eigenvalue weighted by atomic mass is 35.5. The Morgan fingerprint density at radius 2 is 2.22 bits per heavy atom. The van der Waals surface area contributed by atoms with E-state index in [1.54, 1.807) is 18.9 Å². The van der Waals surface area contributed by atoms with Crippen LogP contribution in [0.5, 0.6) is 0 Å². The topological polar surface area (TPSA) is 35.2 Å². The lowest BCUT2D eigenvalue weighted by Gasteiger charge is -2.14. The molecule has 1 aromatic rings. The Morgan fingerprint density at radius 1 is 1.44 bits per heavy atom. The average molecular weight is 288 g/mol. The first-order valence-electron chi connectivity index (χ1n) is 6.33. The lowest BCUT2D eigenvalue weighted by molar-refractivity contribution is 0.200. The van der Waals surface area contributed by atoms with E-state index in [0.29, 0.717) is 0 Å². The van der Waals surface area contributed by atoms with Gasteiger partial charge in [-0.25, -0.2) is 0 Å². The molecule has 0 spiro atoms. The van der Waals surface area contributed by atoms with Crippen LogP contribution in [-0.4, -0.2) is 25.5 Å². The van der Waals surface area contributed by atoms with Gasteiger partial charge in [0.15, 0.2) is 0 Å². The number of halogens is 1. The molecule has 0 saturated heterocycles. The van der Waals surface area contributed by atoms with E-state index < -0.39 is 0 Å². The van der Waals surface area contributed by atoms with Crippen LogP contribution in [0.1, 0.15) is 25.3 Å². The van der Waals surface area contributed by atoms with Crippen LogP contribution in [0.2, 0.25) is 5.02 Å². The van der Waals surface area contributed by atoms with Crippen molar-refractivity contribution in [2.75, 3.05) is 19.5 Å². The fourth-order valence-corrected chi connectivity index (χ4v) is 3.05. The Kier molecular flexibility index (Phi) is 7.75. The maximum absolute atomic E-state index is 6.28. The normalized spacial score (nSPS) is 12.7. The van der Waals surface area contributed by atoms with E-state index in [2.05, 4.69) is 13.0 Å². The maximum Gasteiger partial charge on any atom is 0.0544 e. The van der Waals surface area contributed by atoms with E-state index in [1.807, 2.05) is 12.1 Å². The van der Waals surface area contributed by atoms with Gasteiger partial charge in [-0.05, 0) is 30.9 Å². The third kappa shape index (κ3) is 5.19.